The van der Waals surface area contributed by atoms with Gasteiger partial charge in [0.1, 0.15) is 0 Å². The molecule has 8 nitrogen and oxygen atoms in total. The highest BCUT2D eigenvalue weighted by Gasteiger charge is 2.10. The first-order chi connectivity index (χ1) is 11.1. The Morgan fingerprint density at radius 1 is 0.957 bits per heavy atom. The second-order valence-electron chi connectivity index (χ2n) is 4.53. The molecule has 8 heteroatoms. The molecule has 2 rings (SSSR count). The van der Waals surface area contributed by atoms with Gasteiger partial charge in [-0.15, -0.1) is 0 Å². The minimum absolute atomic E-state index is 0.117. The van der Waals surface area contributed by atoms with E-state index in [-0.39, 0.29) is 31.3 Å². The Bertz CT molecular complexity index is 655. The number of nitrogens with zero attached hydrogens (tertiary/aromatic N) is 1. The second kappa shape index (κ2) is 8.32. The standard InChI is InChI=1S/C15H16N4O4/c20-13(17-8-11-4-1-2-6-16-11)9-18-14(21)10-19-15(22)12-5-3-7-23-12/h1-7H,8-10H2,(H,17,20)(H,18,21)(H,19,22). The van der Waals surface area contributed by atoms with E-state index < -0.39 is 11.8 Å². The molecule has 120 valence electrons. The van der Waals surface area contributed by atoms with E-state index in [1.807, 2.05) is 6.07 Å². The fourth-order valence-electron chi connectivity index (χ4n) is 1.65. The van der Waals surface area contributed by atoms with Gasteiger partial charge < -0.3 is 20.4 Å². The van der Waals surface area contributed by atoms with Crippen LogP contribution in [-0.4, -0.2) is 35.8 Å². The van der Waals surface area contributed by atoms with E-state index >= 15 is 0 Å². The van der Waals surface area contributed by atoms with Gasteiger partial charge in [0, 0.05) is 6.20 Å². The third-order valence-electron chi connectivity index (χ3n) is 2.79. The number of hydrogen-bond acceptors (Lipinski definition) is 5. The maximum Gasteiger partial charge on any atom is 0.287 e. The molecular weight excluding hydrogens is 300 g/mol. The predicted octanol–water partition coefficient (Wildman–Crippen LogP) is -0.163. The van der Waals surface area contributed by atoms with E-state index in [4.69, 9.17) is 4.42 Å². The van der Waals surface area contributed by atoms with E-state index in [0.29, 0.717) is 0 Å². The molecular formula is C15H16N4O4. The molecule has 0 aromatic carbocycles. The number of furan rings is 1. The molecule has 2 heterocycles. The zero-order valence-electron chi connectivity index (χ0n) is 12.2. The summed E-state index contributed by atoms with van der Waals surface area (Å²) in [5.41, 5.74) is 0.720. The van der Waals surface area contributed by atoms with Crippen LogP contribution in [0, 0.1) is 0 Å². The van der Waals surface area contributed by atoms with Gasteiger partial charge in [-0.3, -0.25) is 19.4 Å². The van der Waals surface area contributed by atoms with Crippen LogP contribution >= 0.6 is 0 Å². The summed E-state index contributed by atoms with van der Waals surface area (Å²) in [5.74, 6) is -1.20. The first-order valence-corrected chi connectivity index (χ1v) is 6.90. The van der Waals surface area contributed by atoms with Crippen molar-refractivity contribution >= 4 is 17.7 Å². The van der Waals surface area contributed by atoms with E-state index in [0.717, 1.165) is 5.69 Å². The predicted molar refractivity (Wildman–Crippen MR) is 80.1 cm³/mol. The number of amides is 3. The minimum Gasteiger partial charge on any atom is -0.459 e. The number of carbonyl (C=O) groups excluding carboxylic acids is 3. The topological polar surface area (TPSA) is 113 Å². The Labute approximate surface area is 132 Å². The minimum atomic E-state index is -0.496. The van der Waals surface area contributed by atoms with Gasteiger partial charge in [0.2, 0.25) is 11.8 Å². The molecule has 0 aliphatic carbocycles. The molecule has 0 aliphatic rings. The summed E-state index contributed by atoms with van der Waals surface area (Å²) in [6.45, 7) is -0.139. The maximum absolute atomic E-state index is 11.6. The van der Waals surface area contributed by atoms with Gasteiger partial charge in [0.05, 0.1) is 31.6 Å². The van der Waals surface area contributed by atoms with Crippen LogP contribution in [0.3, 0.4) is 0 Å². The van der Waals surface area contributed by atoms with Crippen molar-refractivity contribution in [1.82, 2.24) is 20.9 Å². The highest BCUT2D eigenvalue weighted by molar-refractivity contribution is 5.94. The lowest BCUT2D eigenvalue weighted by molar-refractivity contribution is -0.125. The summed E-state index contributed by atoms with van der Waals surface area (Å²) < 4.78 is 4.89. The van der Waals surface area contributed by atoms with Crippen molar-refractivity contribution in [2.45, 2.75) is 6.54 Å². The quantitative estimate of drug-likeness (QED) is 0.657. The van der Waals surface area contributed by atoms with Gasteiger partial charge >= 0.3 is 0 Å². The van der Waals surface area contributed by atoms with E-state index in [2.05, 4.69) is 20.9 Å². The summed E-state index contributed by atoms with van der Waals surface area (Å²) in [4.78, 5) is 38.7. The second-order valence-corrected chi connectivity index (χ2v) is 4.53. The Hall–Kier alpha value is -3.16. The van der Waals surface area contributed by atoms with Crippen LogP contribution in [0.25, 0.3) is 0 Å². The molecule has 0 aliphatic heterocycles. The Morgan fingerprint density at radius 2 is 1.74 bits per heavy atom. The molecule has 0 atom stereocenters. The molecule has 0 saturated heterocycles. The average molecular weight is 316 g/mol. The van der Waals surface area contributed by atoms with Gasteiger partial charge in [0.25, 0.3) is 5.91 Å². The van der Waals surface area contributed by atoms with E-state index in [1.54, 1.807) is 24.4 Å². The smallest absolute Gasteiger partial charge is 0.287 e. The van der Waals surface area contributed by atoms with Crippen molar-refractivity contribution in [2.24, 2.45) is 0 Å². The molecule has 0 fully saturated rings. The zero-order chi connectivity index (χ0) is 16.5. The van der Waals surface area contributed by atoms with Crippen LogP contribution < -0.4 is 16.0 Å². The fourth-order valence-corrected chi connectivity index (χ4v) is 1.65. The molecule has 0 bridgehead atoms. The summed E-state index contributed by atoms with van der Waals surface area (Å²) >= 11 is 0. The van der Waals surface area contributed by atoms with Crippen molar-refractivity contribution < 1.29 is 18.8 Å². The lowest BCUT2D eigenvalue weighted by atomic mass is 10.3. The normalized spacial score (nSPS) is 9.91. The summed E-state index contributed by atoms with van der Waals surface area (Å²) in [6.07, 6.45) is 2.99. The van der Waals surface area contributed by atoms with E-state index in [9.17, 15) is 14.4 Å². The first kappa shape index (κ1) is 16.2. The van der Waals surface area contributed by atoms with Crippen molar-refractivity contribution in [3.05, 3.63) is 54.2 Å². The summed E-state index contributed by atoms with van der Waals surface area (Å²) in [5, 5.41) is 7.41. The number of hydrogen-bond donors (Lipinski definition) is 3. The lowest BCUT2D eigenvalue weighted by Crippen LogP contribution is -2.41. The summed E-state index contributed by atoms with van der Waals surface area (Å²) in [6, 6.07) is 8.43. The van der Waals surface area contributed by atoms with Crippen molar-refractivity contribution in [3.63, 3.8) is 0 Å². The lowest BCUT2D eigenvalue weighted by Gasteiger charge is -2.07. The molecule has 0 saturated carbocycles. The maximum atomic E-state index is 11.6. The molecule has 3 amide bonds. The van der Waals surface area contributed by atoms with Gasteiger partial charge in [0.15, 0.2) is 5.76 Å². The van der Waals surface area contributed by atoms with Crippen LogP contribution in [0.2, 0.25) is 0 Å². The average Bonchev–Trinajstić information content (AvgIpc) is 3.11. The molecule has 2 aromatic rings. The Morgan fingerprint density at radius 3 is 2.43 bits per heavy atom. The molecule has 0 spiro atoms. The van der Waals surface area contributed by atoms with Gasteiger partial charge in [-0.05, 0) is 24.3 Å². The Balaban J connectivity index is 1.62. The third kappa shape index (κ3) is 5.62. The van der Waals surface area contributed by atoms with Crippen LogP contribution in [0.4, 0.5) is 0 Å². The zero-order valence-corrected chi connectivity index (χ0v) is 12.2. The number of nitrogens with one attached hydrogen (secondary N) is 3. The number of rotatable bonds is 7. The SMILES string of the molecule is O=C(CNC(=O)CNC(=O)c1ccco1)NCc1ccccn1. The third-order valence-corrected chi connectivity index (χ3v) is 2.79. The van der Waals surface area contributed by atoms with Crippen LogP contribution in [0.1, 0.15) is 16.2 Å². The number of aromatic nitrogens is 1. The monoisotopic (exact) mass is 316 g/mol. The van der Waals surface area contributed by atoms with Crippen molar-refractivity contribution in [1.29, 1.82) is 0 Å². The molecule has 3 N–H and O–H groups in total. The number of carbonyl (C=O) groups is 3. The highest BCUT2D eigenvalue weighted by atomic mass is 16.3. The summed E-state index contributed by atoms with van der Waals surface area (Å²) in [7, 11) is 0. The highest BCUT2D eigenvalue weighted by Crippen LogP contribution is 1.98. The molecule has 0 unspecified atom stereocenters. The number of pyridine rings is 1. The van der Waals surface area contributed by atoms with Gasteiger partial charge in [-0.1, -0.05) is 6.07 Å². The van der Waals surface area contributed by atoms with Crippen LogP contribution in [0.15, 0.2) is 47.2 Å². The largest absolute Gasteiger partial charge is 0.459 e. The Kier molecular flexibility index (Phi) is 5.87. The first-order valence-electron chi connectivity index (χ1n) is 6.90. The van der Waals surface area contributed by atoms with Crippen LogP contribution in [0.5, 0.6) is 0 Å². The molecule has 2 aromatic heterocycles. The van der Waals surface area contributed by atoms with Gasteiger partial charge in [-0.2, -0.15) is 0 Å². The van der Waals surface area contributed by atoms with Crippen molar-refractivity contribution in [2.75, 3.05) is 13.1 Å². The fraction of sp³-hybridized carbons (Fsp3) is 0.200. The van der Waals surface area contributed by atoms with Crippen LogP contribution in [-0.2, 0) is 16.1 Å². The van der Waals surface area contributed by atoms with Crippen molar-refractivity contribution in [3.8, 4) is 0 Å². The molecule has 23 heavy (non-hydrogen) atoms. The molecule has 0 radical (unpaired) electrons. The van der Waals surface area contributed by atoms with E-state index in [1.165, 1.54) is 12.3 Å². The van der Waals surface area contributed by atoms with Gasteiger partial charge in [-0.25, -0.2) is 0 Å².